The van der Waals surface area contributed by atoms with Crippen molar-refractivity contribution in [2.45, 2.75) is 25.9 Å². The van der Waals surface area contributed by atoms with Crippen LogP contribution in [0.1, 0.15) is 35.5 Å². The Labute approximate surface area is 164 Å². The maximum atomic E-state index is 5.64. The first-order valence-corrected chi connectivity index (χ1v) is 9.88. The molecular weight excluding hydrogens is 348 g/mol. The molecule has 0 fully saturated rings. The van der Waals surface area contributed by atoms with E-state index in [4.69, 9.17) is 4.74 Å². The molecule has 5 rings (SSSR count). The average Bonchev–Trinajstić information content (AvgIpc) is 3.36. The van der Waals surface area contributed by atoms with E-state index in [1.165, 1.54) is 27.7 Å². The lowest BCUT2D eigenvalue weighted by Gasteiger charge is -2.36. The summed E-state index contributed by atoms with van der Waals surface area (Å²) in [6.07, 6.45) is 2.86. The first kappa shape index (κ1) is 17.1. The molecular formula is C23H24N4O. The first-order chi connectivity index (χ1) is 13.8. The number of nitrogens with one attached hydrogen (secondary N) is 2. The molecule has 0 saturated heterocycles. The summed E-state index contributed by atoms with van der Waals surface area (Å²) in [5, 5.41) is 8.57. The van der Waals surface area contributed by atoms with Crippen LogP contribution in [-0.4, -0.2) is 33.2 Å². The standard InChI is InChI=1S/C23H24N4O/c1-2-28-18-9-7-16(8-10-18)23-22-20(19-5-3-4-6-21(19)25-22)12-14-27(23)15-17-11-13-24-26-17/h3-11,13,23,25H,2,12,14-15H2,1H3,(H,24,26)/t23-/m1/s1. The Hall–Kier alpha value is -3.05. The Morgan fingerprint density at radius 1 is 1.11 bits per heavy atom. The minimum Gasteiger partial charge on any atom is -0.494 e. The predicted molar refractivity (Wildman–Crippen MR) is 110 cm³/mol. The van der Waals surface area contributed by atoms with Gasteiger partial charge < -0.3 is 9.72 Å². The summed E-state index contributed by atoms with van der Waals surface area (Å²) in [6.45, 7) is 4.54. The van der Waals surface area contributed by atoms with Crippen LogP contribution >= 0.6 is 0 Å². The highest BCUT2D eigenvalue weighted by Gasteiger charge is 2.31. The van der Waals surface area contributed by atoms with Crippen LogP contribution in [0, 0.1) is 0 Å². The lowest BCUT2D eigenvalue weighted by atomic mass is 9.92. The topological polar surface area (TPSA) is 56.9 Å². The highest BCUT2D eigenvalue weighted by Crippen LogP contribution is 2.39. The summed E-state index contributed by atoms with van der Waals surface area (Å²) < 4.78 is 5.64. The molecule has 3 heterocycles. The summed E-state index contributed by atoms with van der Waals surface area (Å²) in [4.78, 5) is 6.23. The highest BCUT2D eigenvalue weighted by atomic mass is 16.5. The van der Waals surface area contributed by atoms with Gasteiger partial charge in [-0.3, -0.25) is 10.00 Å². The fourth-order valence-electron chi connectivity index (χ4n) is 4.34. The van der Waals surface area contributed by atoms with Crippen molar-refractivity contribution in [2.75, 3.05) is 13.2 Å². The van der Waals surface area contributed by atoms with Crippen molar-refractivity contribution in [1.82, 2.24) is 20.1 Å². The number of nitrogens with zero attached hydrogens (tertiary/aromatic N) is 2. The molecule has 0 radical (unpaired) electrons. The van der Waals surface area contributed by atoms with Crippen LogP contribution in [-0.2, 0) is 13.0 Å². The molecule has 28 heavy (non-hydrogen) atoms. The largest absolute Gasteiger partial charge is 0.494 e. The van der Waals surface area contributed by atoms with Gasteiger partial charge in [0.1, 0.15) is 5.75 Å². The molecule has 5 nitrogen and oxygen atoms in total. The van der Waals surface area contributed by atoms with Crippen LogP contribution < -0.4 is 4.74 Å². The van der Waals surface area contributed by atoms with Crippen molar-refractivity contribution in [1.29, 1.82) is 0 Å². The Kier molecular flexibility index (Phi) is 4.37. The van der Waals surface area contributed by atoms with Gasteiger partial charge in [0.05, 0.1) is 12.6 Å². The van der Waals surface area contributed by atoms with Crippen molar-refractivity contribution in [3.63, 3.8) is 0 Å². The summed E-state index contributed by atoms with van der Waals surface area (Å²) in [6, 6.07) is 19.4. The molecule has 0 aliphatic carbocycles. The summed E-state index contributed by atoms with van der Waals surface area (Å²) in [5.41, 5.74) is 6.37. The molecule has 2 N–H and O–H groups in total. The minimum absolute atomic E-state index is 0.176. The van der Waals surface area contributed by atoms with Crippen molar-refractivity contribution >= 4 is 10.9 Å². The number of rotatable bonds is 5. The molecule has 4 aromatic rings. The van der Waals surface area contributed by atoms with Gasteiger partial charge in [-0.1, -0.05) is 30.3 Å². The normalized spacial score (nSPS) is 17.0. The molecule has 0 saturated carbocycles. The van der Waals surface area contributed by atoms with E-state index in [9.17, 15) is 0 Å². The van der Waals surface area contributed by atoms with Gasteiger partial charge in [0, 0.05) is 41.6 Å². The number of fused-ring (bicyclic) bond motifs is 3. The number of hydrogen-bond acceptors (Lipinski definition) is 3. The maximum Gasteiger partial charge on any atom is 0.119 e. The Morgan fingerprint density at radius 3 is 2.75 bits per heavy atom. The van der Waals surface area contributed by atoms with Crippen molar-refractivity contribution < 1.29 is 4.74 Å². The van der Waals surface area contributed by atoms with Gasteiger partial charge in [0.2, 0.25) is 0 Å². The number of ether oxygens (including phenoxy) is 1. The molecule has 142 valence electrons. The second kappa shape index (κ2) is 7.17. The Bertz CT molecular complexity index is 1070. The number of hydrogen-bond donors (Lipinski definition) is 2. The average molecular weight is 372 g/mol. The molecule has 0 bridgehead atoms. The third-order valence-electron chi connectivity index (χ3n) is 5.57. The van der Waals surface area contributed by atoms with Crippen LogP contribution in [0.2, 0.25) is 0 Å². The van der Waals surface area contributed by atoms with Gasteiger partial charge in [-0.2, -0.15) is 5.10 Å². The SMILES string of the molecule is CCOc1ccc([C@@H]2c3[nH]c4ccccc4c3CCN2Cc2ccn[nH]2)cc1. The zero-order valence-electron chi connectivity index (χ0n) is 16.0. The number of aromatic nitrogens is 3. The fraction of sp³-hybridized carbons (Fsp3) is 0.261. The minimum atomic E-state index is 0.176. The predicted octanol–water partition coefficient (Wildman–Crippen LogP) is 4.44. The Morgan fingerprint density at radius 2 is 1.96 bits per heavy atom. The van der Waals surface area contributed by atoms with Crippen LogP contribution in [0.25, 0.3) is 10.9 Å². The molecule has 1 aliphatic heterocycles. The van der Waals surface area contributed by atoms with E-state index in [1.54, 1.807) is 0 Å². The lowest BCUT2D eigenvalue weighted by Crippen LogP contribution is -2.35. The van der Waals surface area contributed by atoms with Crippen LogP contribution in [0.3, 0.4) is 0 Å². The molecule has 2 aromatic carbocycles. The quantitative estimate of drug-likeness (QED) is 0.545. The summed E-state index contributed by atoms with van der Waals surface area (Å²) >= 11 is 0. The van der Waals surface area contributed by atoms with Crippen molar-refractivity contribution in [3.05, 3.63) is 83.3 Å². The van der Waals surface area contributed by atoms with Gasteiger partial charge in [-0.15, -0.1) is 0 Å². The van der Waals surface area contributed by atoms with E-state index in [0.29, 0.717) is 6.61 Å². The Balaban J connectivity index is 1.59. The number of para-hydroxylation sites is 1. The second-order valence-electron chi connectivity index (χ2n) is 7.27. The summed E-state index contributed by atoms with van der Waals surface area (Å²) in [5.74, 6) is 0.916. The molecule has 0 amide bonds. The number of benzene rings is 2. The lowest BCUT2D eigenvalue weighted by molar-refractivity contribution is 0.199. The third-order valence-corrected chi connectivity index (χ3v) is 5.57. The van der Waals surface area contributed by atoms with E-state index in [0.717, 1.165) is 31.0 Å². The van der Waals surface area contributed by atoms with Gasteiger partial charge in [-0.25, -0.2) is 0 Å². The smallest absolute Gasteiger partial charge is 0.119 e. The molecule has 0 spiro atoms. The van der Waals surface area contributed by atoms with Crippen molar-refractivity contribution in [2.24, 2.45) is 0 Å². The van der Waals surface area contributed by atoms with E-state index in [-0.39, 0.29) is 6.04 Å². The molecule has 0 unspecified atom stereocenters. The van der Waals surface area contributed by atoms with Gasteiger partial charge >= 0.3 is 0 Å². The monoisotopic (exact) mass is 372 g/mol. The number of H-pyrrole nitrogens is 2. The molecule has 5 heteroatoms. The first-order valence-electron chi connectivity index (χ1n) is 9.88. The van der Waals surface area contributed by atoms with E-state index in [1.807, 2.05) is 13.1 Å². The van der Waals surface area contributed by atoms with E-state index >= 15 is 0 Å². The molecule has 2 aromatic heterocycles. The van der Waals surface area contributed by atoms with Gasteiger partial charge in [-0.05, 0) is 48.7 Å². The summed E-state index contributed by atoms with van der Waals surface area (Å²) in [7, 11) is 0. The molecule has 1 aliphatic rings. The van der Waals surface area contributed by atoms with Gasteiger partial charge in [0.15, 0.2) is 0 Å². The van der Waals surface area contributed by atoms with Gasteiger partial charge in [0.25, 0.3) is 0 Å². The highest BCUT2D eigenvalue weighted by molar-refractivity contribution is 5.85. The van der Waals surface area contributed by atoms with Crippen LogP contribution in [0.4, 0.5) is 0 Å². The van der Waals surface area contributed by atoms with Crippen LogP contribution in [0.15, 0.2) is 60.8 Å². The zero-order chi connectivity index (χ0) is 18.9. The second-order valence-corrected chi connectivity index (χ2v) is 7.27. The van der Waals surface area contributed by atoms with Crippen molar-refractivity contribution in [3.8, 4) is 5.75 Å². The maximum absolute atomic E-state index is 5.64. The third kappa shape index (κ3) is 2.98. The van der Waals surface area contributed by atoms with E-state index in [2.05, 4.69) is 74.7 Å². The number of aromatic amines is 2. The molecule has 1 atom stereocenters. The zero-order valence-corrected chi connectivity index (χ0v) is 16.0. The van der Waals surface area contributed by atoms with Crippen LogP contribution in [0.5, 0.6) is 5.75 Å². The van der Waals surface area contributed by atoms with E-state index < -0.39 is 0 Å². The fourth-order valence-corrected chi connectivity index (χ4v) is 4.34.